The Morgan fingerprint density at radius 3 is 2.36 bits per heavy atom. The van der Waals surface area contributed by atoms with Gasteiger partial charge < -0.3 is 9.47 Å². The van der Waals surface area contributed by atoms with Gasteiger partial charge in [-0.2, -0.15) is 9.41 Å². The van der Waals surface area contributed by atoms with Crippen LogP contribution in [0.3, 0.4) is 0 Å². The Labute approximate surface area is 208 Å². The number of methoxy groups -OCH3 is 2. The first-order chi connectivity index (χ1) is 17.2. The molecule has 3 aromatic carbocycles. The van der Waals surface area contributed by atoms with Crippen LogP contribution in [0.15, 0.2) is 82.8 Å². The average molecular weight is 513 g/mol. The molecule has 0 aliphatic heterocycles. The number of benzene rings is 3. The highest BCUT2D eigenvalue weighted by Crippen LogP contribution is 2.31. The maximum Gasteiger partial charge on any atom is 0.269 e. The number of carbonyl (C=O) groups excluding carboxylic acids is 1. The molecular weight excluding hydrogens is 488 g/mol. The smallest absolute Gasteiger partial charge is 0.269 e. The maximum absolute atomic E-state index is 13.6. The normalized spacial score (nSPS) is 11.4. The van der Waals surface area contributed by atoms with Gasteiger partial charge in [0.05, 0.1) is 31.9 Å². The molecule has 188 valence electrons. The van der Waals surface area contributed by atoms with Crippen molar-refractivity contribution in [1.82, 2.24) is 9.73 Å². The lowest BCUT2D eigenvalue weighted by atomic mass is 10.2. The summed E-state index contributed by atoms with van der Waals surface area (Å²) in [5.74, 6) is -0.272. The number of amides is 1. The number of nitrogens with one attached hydrogen (secondary N) is 1. The van der Waals surface area contributed by atoms with Crippen LogP contribution in [0, 0.1) is 10.1 Å². The molecule has 3 aromatic rings. The van der Waals surface area contributed by atoms with E-state index >= 15 is 0 Å². The molecule has 1 N–H and O–H groups in total. The third-order valence-corrected chi connectivity index (χ3v) is 6.83. The van der Waals surface area contributed by atoms with E-state index in [1.807, 2.05) is 0 Å². The van der Waals surface area contributed by atoms with E-state index in [0.29, 0.717) is 16.9 Å². The number of ether oxygens (including phenoxy) is 2. The lowest BCUT2D eigenvalue weighted by Gasteiger charge is -2.23. The van der Waals surface area contributed by atoms with Gasteiger partial charge >= 0.3 is 0 Å². The molecule has 0 saturated carbocycles. The van der Waals surface area contributed by atoms with Crippen LogP contribution in [0.25, 0.3) is 0 Å². The number of nitro benzene ring substituents is 1. The van der Waals surface area contributed by atoms with Crippen LogP contribution in [0.5, 0.6) is 11.5 Å². The van der Waals surface area contributed by atoms with Gasteiger partial charge in [-0.05, 0) is 35.4 Å². The van der Waals surface area contributed by atoms with Crippen molar-refractivity contribution in [3.8, 4) is 11.5 Å². The predicted octanol–water partition coefficient (Wildman–Crippen LogP) is 2.95. The molecule has 0 spiro atoms. The van der Waals surface area contributed by atoms with Gasteiger partial charge in [0.15, 0.2) is 0 Å². The summed E-state index contributed by atoms with van der Waals surface area (Å²) in [6.45, 7) is -0.613. The predicted molar refractivity (Wildman–Crippen MR) is 132 cm³/mol. The molecule has 0 unspecified atom stereocenters. The van der Waals surface area contributed by atoms with Gasteiger partial charge in [-0.15, -0.1) is 0 Å². The topological polar surface area (TPSA) is 140 Å². The largest absolute Gasteiger partial charge is 0.497 e. The van der Waals surface area contributed by atoms with Gasteiger partial charge in [-0.25, -0.2) is 13.8 Å². The van der Waals surface area contributed by atoms with Crippen molar-refractivity contribution in [2.24, 2.45) is 5.10 Å². The molecule has 0 fully saturated rings. The number of sulfonamides is 1. The minimum absolute atomic E-state index is 0.0779. The molecule has 0 radical (unpaired) electrons. The fourth-order valence-corrected chi connectivity index (χ4v) is 4.75. The van der Waals surface area contributed by atoms with Crippen molar-refractivity contribution in [2.45, 2.75) is 11.4 Å². The standard InChI is InChI=1S/C24H24N4O7S/c1-34-21-12-13-22(35-2)23(14-21)36(32,33)27(16-19-6-4-3-5-7-19)17-24(29)26-25-15-18-8-10-20(11-9-18)28(30)31/h3-15H,16-17H2,1-2H3,(H,26,29)/b25-15+. The summed E-state index contributed by atoms with van der Waals surface area (Å²) in [4.78, 5) is 22.7. The summed E-state index contributed by atoms with van der Waals surface area (Å²) in [5.41, 5.74) is 3.40. The molecule has 0 saturated heterocycles. The number of rotatable bonds is 11. The van der Waals surface area contributed by atoms with Gasteiger partial charge in [-0.3, -0.25) is 14.9 Å². The minimum Gasteiger partial charge on any atom is -0.497 e. The van der Waals surface area contributed by atoms with Crippen molar-refractivity contribution >= 4 is 27.8 Å². The van der Waals surface area contributed by atoms with Crippen LogP contribution in [-0.2, 0) is 21.4 Å². The van der Waals surface area contributed by atoms with Crippen molar-refractivity contribution in [3.05, 3.63) is 94.0 Å². The van der Waals surface area contributed by atoms with Gasteiger partial charge in [0.25, 0.3) is 11.6 Å². The number of hydrogen-bond acceptors (Lipinski definition) is 8. The summed E-state index contributed by atoms with van der Waals surface area (Å²) >= 11 is 0. The molecule has 11 nitrogen and oxygen atoms in total. The maximum atomic E-state index is 13.6. The van der Waals surface area contributed by atoms with Gasteiger partial charge in [0.2, 0.25) is 10.0 Å². The summed E-state index contributed by atoms with van der Waals surface area (Å²) in [5, 5.41) is 14.6. The lowest BCUT2D eigenvalue weighted by molar-refractivity contribution is -0.384. The molecule has 0 bridgehead atoms. The number of carbonyl (C=O) groups is 1. The van der Waals surface area contributed by atoms with Gasteiger partial charge in [0, 0.05) is 24.7 Å². The van der Waals surface area contributed by atoms with Crippen molar-refractivity contribution in [3.63, 3.8) is 0 Å². The highest BCUT2D eigenvalue weighted by molar-refractivity contribution is 7.89. The quantitative estimate of drug-likeness (QED) is 0.237. The van der Waals surface area contributed by atoms with Crippen molar-refractivity contribution < 1.29 is 27.6 Å². The Morgan fingerprint density at radius 1 is 1.06 bits per heavy atom. The zero-order valence-corrected chi connectivity index (χ0v) is 20.3. The SMILES string of the molecule is COc1ccc(OC)c(S(=O)(=O)N(CC(=O)N/N=C/c2ccc([N+](=O)[O-])cc2)Cc2ccccc2)c1. The van der Waals surface area contributed by atoms with Crippen LogP contribution in [-0.4, -0.2) is 50.5 Å². The molecule has 12 heteroatoms. The van der Waals surface area contributed by atoms with E-state index in [2.05, 4.69) is 10.5 Å². The van der Waals surface area contributed by atoms with Crippen molar-refractivity contribution in [1.29, 1.82) is 0 Å². The van der Waals surface area contributed by atoms with E-state index < -0.39 is 27.4 Å². The fraction of sp³-hybridized carbons (Fsp3) is 0.167. The van der Waals surface area contributed by atoms with Crippen LogP contribution in [0.4, 0.5) is 5.69 Å². The van der Waals surface area contributed by atoms with Crippen LogP contribution < -0.4 is 14.9 Å². The first-order valence-electron chi connectivity index (χ1n) is 10.6. The molecular formula is C24H24N4O7S. The number of nitro groups is 1. The zero-order chi connectivity index (χ0) is 26.1. The number of non-ortho nitro benzene ring substituents is 1. The first kappa shape index (κ1) is 26.3. The van der Waals surface area contributed by atoms with E-state index in [-0.39, 0.29) is 22.9 Å². The number of hydrogen-bond donors (Lipinski definition) is 1. The third-order valence-electron chi connectivity index (χ3n) is 5.02. The molecule has 0 heterocycles. The van der Waals surface area contributed by atoms with Crippen LogP contribution in [0.2, 0.25) is 0 Å². The zero-order valence-electron chi connectivity index (χ0n) is 19.5. The van der Waals surface area contributed by atoms with E-state index in [1.54, 1.807) is 36.4 Å². The summed E-state index contributed by atoms with van der Waals surface area (Å²) in [6.07, 6.45) is 1.29. The molecule has 3 rings (SSSR count). The average Bonchev–Trinajstić information content (AvgIpc) is 2.88. The molecule has 36 heavy (non-hydrogen) atoms. The Balaban J connectivity index is 1.83. The molecule has 0 aromatic heterocycles. The lowest BCUT2D eigenvalue weighted by Crippen LogP contribution is -2.39. The molecule has 0 aliphatic rings. The third kappa shape index (κ3) is 6.64. The summed E-state index contributed by atoms with van der Waals surface area (Å²) in [7, 11) is -1.45. The second-order valence-electron chi connectivity index (χ2n) is 7.42. The molecule has 0 aliphatic carbocycles. The Kier molecular flexibility index (Phi) is 8.71. The molecule has 1 amide bonds. The minimum atomic E-state index is -4.21. The monoisotopic (exact) mass is 512 g/mol. The summed E-state index contributed by atoms with van der Waals surface area (Å²) in [6, 6.07) is 18.7. The van der Waals surface area contributed by atoms with Crippen molar-refractivity contribution in [2.75, 3.05) is 20.8 Å². The highest BCUT2D eigenvalue weighted by Gasteiger charge is 2.30. The Bertz CT molecular complexity index is 1340. The second-order valence-corrected chi connectivity index (χ2v) is 9.32. The van der Waals surface area contributed by atoms with Gasteiger partial charge in [0.1, 0.15) is 16.4 Å². The first-order valence-corrected chi connectivity index (χ1v) is 12.0. The van der Waals surface area contributed by atoms with E-state index in [1.165, 1.54) is 56.8 Å². The van der Waals surface area contributed by atoms with Crippen LogP contribution in [0.1, 0.15) is 11.1 Å². The summed E-state index contributed by atoms with van der Waals surface area (Å²) < 4.78 is 38.7. The Hall–Kier alpha value is -4.29. The molecule has 0 atom stereocenters. The second kappa shape index (κ2) is 11.9. The highest BCUT2D eigenvalue weighted by atomic mass is 32.2. The van der Waals surface area contributed by atoms with Crippen LogP contribution >= 0.6 is 0 Å². The fourth-order valence-electron chi connectivity index (χ4n) is 3.19. The van der Waals surface area contributed by atoms with E-state index in [4.69, 9.17) is 9.47 Å². The number of hydrazone groups is 1. The van der Waals surface area contributed by atoms with E-state index in [0.717, 1.165) is 4.31 Å². The Morgan fingerprint density at radius 2 is 1.75 bits per heavy atom. The van der Waals surface area contributed by atoms with E-state index in [9.17, 15) is 23.3 Å². The number of nitrogens with zero attached hydrogens (tertiary/aromatic N) is 3. The van der Waals surface area contributed by atoms with Gasteiger partial charge in [-0.1, -0.05) is 30.3 Å².